The molecule has 1 aromatic rings. The van der Waals surface area contributed by atoms with Gasteiger partial charge < -0.3 is 14.3 Å². The van der Waals surface area contributed by atoms with Crippen LogP contribution < -0.4 is 4.52 Å². The van der Waals surface area contributed by atoms with Gasteiger partial charge in [-0.05, 0) is 12.1 Å². The van der Waals surface area contributed by atoms with E-state index < -0.39 is 8.60 Å². The lowest BCUT2D eigenvalue weighted by molar-refractivity contribution is 0.375. The third kappa shape index (κ3) is 2.47. The predicted octanol–water partition coefficient (Wildman–Crippen LogP) is 2.58. The Morgan fingerprint density at radius 1 is 1.25 bits per heavy atom. The van der Waals surface area contributed by atoms with Gasteiger partial charge in [-0.15, -0.1) is 0 Å². The molecule has 0 atom stereocenters. The van der Waals surface area contributed by atoms with Gasteiger partial charge in [0.25, 0.3) is 0 Å². The van der Waals surface area contributed by atoms with Crippen molar-refractivity contribution in [2.24, 2.45) is 0 Å². The summed E-state index contributed by atoms with van der Waals surface area (Å²) >= 11 is 11.3. The Kier molecular flexibility index (Phi) is 3.56. The Balaban J connectivity index is 2.92. The number of benzene rings is 1. The van der Waals surface area contributed by atoms with E-state index in [1.54, 1.807) is 12.1 Å². The monoisotopic (exact) mass is 226 g/mol. The van der Waals surface area contributed by atoms with E-state index in [2.05, 4.69) is 4.52 Å². The molecule has 0 unspecified atom stereocenters. The topological polar surface area (TPSA) is 49.7 Å². The Labute approximate surface area is 80.5 Å². The molecule has 0 aliphatic heterocycles. The molecule has 0 spiro atoms. The molecular weight excluding hydrogens is 222 g/mol. The van der Waals surface area contributed by atoms with Gasteiger partial charge in [-0.25, -0.2) is 0 Å². The van der Waals surface area contributed by atoms with E-state index in [9.17, 15) is 0 Å². The fourth-order valence-electron chi connectivity index (χ4n) is 0.642. The van der Waals surface area contributed by atoms with Crippen LogP contribution in [0.4, 0.5) is 0 Å². The number of hydrogen-bond donors (Lipinski definition) is 2. The van der Waals surface area contributed by atoms with Crippen LogP contribution in [0.3, 0.4) is 0 Å². The molecule has 1 rings (SSSR count). The highest BCUT2D eigenvalue weighted by Crippen LogP contribution is 2.37. The molecule has 0 saturated carbocycles. The first-order valence-electron chi connectivity index (χ1n) is 2.91. The maximum atomic E-state index is 8.52. The van der Waals surface area contributed by atoms with Crippen LogP contribution in [0.2, 0.25) is 10.0 Å². The lowest BCUT2D eigenvalue weighted by Crippen LogP contribution is -1.85. The molecule has 0 aliphatic carbocycles. The van der Waals surface area contributed by atoms with Crippen LogP contribution in [-0.4, -0.2) is 9.79 Å². The average Bonchev–Trinajstić information content (AvgIpc) is 1.98. The molecule has 2 N–H and O–H groups in total. The summed E-state index contributed by atoms with van der Waals surface area (Å²) in [7, 11) is -2.45. The Morgan fingerprint density at radius 2 is 1.92 bits per heavy atom. The normalized spacial score (nSPS) is 10.4. The van der Waals surface area contributed by atoms with Gasteiger partial charge in [0.2, 0.25) is 0 Å². The minimum atomic E-state index is -2.45. The molecule has 0 radical (unpaired) electrons. The lowest BCUT2D eigenvalue weighted by atomic mass is 10.3. The molecule has 0 heterocycles. The minimum absolute atomic E-state index is 0.167. The van der Waals surface area contributed by atoms with Crippen LogP contribution in [0.5, 0.6) is 5.75 Å². The van der Waals surface area contributed by atoms with Crippen molar-refractivity contribution in [2.45, 2.75) is 0 Å². The third-order valence-electron chi connectivity index (χ3n) is 1.10. The largest absolute Gasteiger partial charge is 0.425 e. The van der Waals surface area contributed by atoms with Crippen LogP contribution >= 0.6 is 31.8 Å². The third-order valence-corrected chi connectivity index (χ3v) is 2.26. The van der Waals surface area contributed by atoms with Gasteiger partial charge in [-0.2, -0.15) is 0 Å². The van der Waals surface area contributed by atoms with Crippen LogP contribution in [0.25, 0.3) is 0 Å². The molecule has 12 heavy (non-hydrogen) atoms. The number of halogens is 2. The van der Waals surface area contributed by atoms with Crippen molar-refractivity contribution in [3.05, 3.63) is 28.2 Å². The summed E-state index contributed by atoms with van der Waals surface area (Å²) < 4.78 is 4.59. The van der Waals surface area contributed by atoms with Gasteiger partial charge in [0.15, 0.2) is 0 Å². The van der Waals surface area contributed by atoms with Crippen LogP contribution in [0.1, 0.15) is 0 Å². The fourth-order valence-corrected chi connectivity index (χ4v) is 1.35. The summed E-state index contributed by atoms with van der Waals surface area (Å²) in [6, 6.07) is 4.67. The molecule has 1 aromatic carbocycles. The van der Waals surface area contributed by atoms with Crippen molar-refractivity contribution in [3.8, 4) is 5.75 Å². The molecule has 0 amide bonds. The SMILES string of the molecule is OP(O)Oc1cccc(Cl)c1Cl. The first-order chi connectivity index (χ1) is 5.61. The van der Waals surface area contributed by atoms with Crippen LogP contribution in [-0.2, 0) is 0 Å². The second-order valence-electron chi connectivity index (χ2n) is 1.90. The summed E-state index contributed by atoms with van der Waals surface area (Å²) in [5.74, 6) is 0.167. The zero-order valence-electron chi connectivity index (χ0n) is 5.74. The highest BCUT2D eigenvalue weighted by Gasteiger charge is 2.09. The number of hydrogen-bond acceptors (Lipinski definition) is 3. The average molecular weight is 227 g/mol. The van der Waals surface area contributed by atoms with E-state index in [-0.39, 0.29) is 10.8 Å². The van der Waals surface area contributed by atoms with E-state index in [1.165, 1.54) is 6.07 Å². The predicted molar refractivity (Wildman–Crippen MR) is 48.4 cm³/mol. The smallest absolute Gasteiger partial charge is 0.391 e. The second-order valence-corrected chi connectivity index (χ2v) is 3.37. The first kappa shape index (κ1) is 10.0. The molecule has 0 saturated heterocycles. The van der Waals surface area contributed by atoms with Gasteiger partial charge in [-0.3, -0.25) is 0 Å². The zero-order valence-corrected chi connectivity index (χ0v) is 8.14. The van der Waals surface area contributed by atoms with Gasteiger partial charge in [0.05, 0.1) is 5.02 Å². The van der Waals surface area contributed by atoms with Gasteiger partial charge in [0.1, 0.15) is 10.8 Å². The van der Waals surface area contributed by atoms with E-state index in [4.69, 9.17) is 33.0 Å². The van der Waals surface area contributed by atoms with Crippen LogP contribution in [0.15, 0.2) is 18.2 Å². The molecular formula is C6H5Cl2O3P. The van der Waals surface area contributed by atoms with E-state index in [1.807, 2.05) is 0 Å². The van der Waals surface area contributed by atoms with Gasteiger partial charge >= 0.3 is 8.60 Å². The molecule has 0 aromatic heterocycles. The minimum Gasteiger partial charge on any atom is -0.425 e. The first-order valence-corrected chi connectivity index (χ1v) is 4.83. The van der Waals surface area contributed by atoms with Gasteiger partial charge in [0, 0.05) is 0 Å². The van der Waals surface area contributed by atoms with Crippen molar-refractivity contribution >= 4 is 31.8 Å². The molecule has 3 nitrogen and oxygen atoms in total. The Bertz CT molecular complexity index is 279. The number of rotatable bonds is 2. The Hall–Kier alpha value is -0.0500. The maximum Gasteiger partial charge on any atom is 0.391 e. The van der Waals surface area contributed by atoms with Crippen molar-refractivity contribution in [1.29, 1.82) is 0 Å². The summed E-state index contributed by atoms with van der Waals surface area (Å²) in [5.41, 5.74) is 0. The molecule has 66 valence electrons. The van der Waals surface area contributed by atoms with Crippen molar-refractivity contribution in [1.82, 2.24) is 0 Å². The van der Waals surface area contributed by atoms with Crippen molar-refractivity contribution in [3.63, 3.8) is 0 Å². The van der Waals surface area contributed by atoms with E-state index >= 15 is 0 Å². The standard InChI is InChI=1S/C6H5Cl2O3P/c7-4-2-1-3-5(6(4)8)11-12(9)10/h1-3,9-10H. The lowest BCUT2D eigenvalue weighted by Gasteiger charge is -2.07. The van der Waals surface area contributed by atoms with E-state index in [0.717, 1.165) is 0 Å². The quantitative estimate of drug-likeness (QED) is 0.763. The fraction of sp³-hybridized carbons (Fsp3) is 0. The molecule has 0 aliphatic rings. The van der Waals surface area contributed by atoms with Gasteiger partial charge in [-0.1, -0.05) is 29.3 Å². The summed E-state index contributed by atoms with van der Waals surface area (Å²) in [5, 5.41) is 0.487. The van der Waals surface area contributed by atoms with Crippen LogP contribution in [0, 0.1) is 0 Å². The maximum absolute atomic E-state index is 8.52. The summed E-state index contributed by atoms with van der Waals surface area (Å²) in [6.45, 7) is 0. The highest BCUT2D eigenvalue weighted by molar-refractivity contribution is 7.39. The molecule has 0 fully saturated rings. The Morgan fingerprint density at radius 3 is 2.50 bits per heavy atom. The highest BCUT2D eigenvalue weighted by atomic mass is 35.5. The van der Waals surface area contributed by atoms with Crippen molar-refractivity contribution in [2.75, 3.05) is 0 Å². The van der Waals surface area contributed by atoms with E-state index in [0.29, 0.717) is 5.02 Å². The summed E-state index contributed by atoms with van der Waals surface area (Å²) in [6.07, 6.45) is 0. The summed E-state index contributed by atoms with van der Waals surface area (Å²) in [4.78, 5) is 17.0. The molecule has 6 heteroatoms. The van der Waals surface area contributed by atoms with Crippen molar-refractivity contribution < 1.29 is 14.3 Å². The molecule has 0 bridgehead atoms. The second kappa shape index (κ2) is 4.26. The zero-order chi connectivity index (χ0) is 9.14.